The fourth-order valence-corrected chi connectivity index (χ4v) is 1.58. The number of halogens is 1. The molecular formula is C15H24IN3O. The number of hydrogen-bond donors (Lipinski definition) is 2. The Labute approximate surface area is 138 Å². The van der Waals surface area contributed by atoms with E-state index in [1.54, 1.807) is 13.1 Å². The van der Waals surface area contributed by atoms with E-state index in [9.17, 15) is 0 Å². The molecule has 0 aliphatic carbocycles. The van der Waals surface area contributed by atoms with Crippen LogP contribution >= 0.6 is 24.0 Å². The molecule has 1 aromatic rings. The lowest BCUT2D eigenvalue weighted by atomic mass is 10.2. The predicted octanol–water partition coefficient (Wildman–Crippen LogP) is 2.94. The van der Waals surface area contributed by atoms with E-state index in [0.717, 1.165) is 17.3 Å². The predicted molar refractivity (Wildman–Crippen MR) is 96.0 cm³/mol. The average molecular weight is 389 g/mol. The van der Waals surface area contributed by atoms with Crippen LogP contribution in [0.3, 0.4) is 0 Å². The van der Waals surface area contributed by atoms with Crippen LogP contribution in [0.2, 0.25) is 0 Å². The molecule has 0 saturated heterocycles. The van der Waals surface area contributed by atoms with Gasteiger partial charge in [0.25, 0.3) is 0 Å². The Hall–Kier alpha value is -1.24. The van der Waals surface area contributed by atoms with E-state index in [0.29, 0.717) is 13.1 Å². The minimum atomic E-state index is 0. The first-order chi connectivity index (χ1) is 9.15. The van der Waals surface area contributed by atoms with E-state index < -0.39 is 0 Å². The molecule has 5 heteroatoms. The van der Waals surface area contributed by atoms with Gasteiger partial charge in [0.05, 0.1) is 6.10 Å². The summed E-state index contributed by atoms with van der Waals surface area (Å²) in [5, 5.41) is 6.36. The zero-order valence-corrected chi connectivity index (χ0v) is 14.7. The number of benzene rings is 1. The second kappa shape index (κ2) is 10.5. The van der Waals surface area contributed by atoms with E-state index in [1.807, 2.05) is 32.0 Å². The van der Waals surface area contributed by atoms with Crippen molar-refractivity contribution >= 4 is 29.9 Å². The molecule has 112 valence electrons. The van der Waals surface area contributed by atoms with Crippen LogP contribution in [-0.4, -0.2) is 25.7 Å². The Bertz CT molecular complexity index is 433. The molecule has 4 nitrogen and oxygen atoms in total. The zero-order valence-electron chi connectivity index (χ0n) is 12.3. The minimum Gasteiger partial charge on any atom is -0.491 e. The van der Waals surface area contributed by atoms with Crippen molar-refractivity contribution in [1.82, 2.24) is 10.6 Å². The molecule has 1 aromatic carbocycles. The molecule has 0 amide bonds. The van der Waals surface area contributed by atoms with E-state index in [1.165, 1.54) is 0 Å². The lowest BCUT2D eigenvalue weighted by Crippen LogP contribution is -2.36. The average Bonchev–Trinajstić information content (AvgIpc) is 2.38. The molecule has 0 aliphatic heterocycles. The van der Waals surface area contributed by atoms with Crippen molar-refractivity contribution < 1.29 is 4.74 Å². The first-order valence-electron chi connectivity index (χ1n) is 6.46. The molecule has 0 fully saturated rings. The van der Waals surface area contributed by atoms with E-state index in [4.69, 9.17) is 4.74 Å². The maximum atomic E-state index is 5.67. The summed E-state index contributed by atoms with van der Waals surface area (Å²) in [7, 11) is 1.75. The van der Waals surface area contributed by atoms with Crippen molar-refractivity contribution in [3.8, 4) is 5.75 Å². The van der Waals surface area contributed by atoms with Gasteiger partial charge in [0.2, 0.25) is 0 Å². The maximum Gasteiger partial charge on any atom is 0.191 e. The Balaban J connectivity index is 0.00000361. The molecule has 0 aromatic heterocycles. The van der Waals surface area contributed by atoms with Gasteiger partial charge in [0, 0.05) is 20.1 Å². The van der Waals surface area contributed by atoms with Gasteiger partial charge in [-0.25, -0.2) is 0 Å². The van der Waals surface area contributed by atoms with Crippen LogP contribution in [0, 0.1) is 0 Å². The summed E-state index contributed by atoms with van der Waals surface area (Å²) in [6.07, 6.45) is 1.98. The quantitative estimate of drug-likeness (QED) is 0.340. The summed E-state index contributed by atoms with van der Waals surface area (Å²) in [5.41, 5.74) is 1.15. The second-order valence-corrected chi connectivity index (χ2v) is 4.41. The highest BCUT2D eigenvalue weighted by atomic mass is 127. The van der Waals surface area contributed by atoms with Crippen LogP contribution in [0.5, 0.6) is 5.75 Å². The first-order valence-corrected chi connectivity index (χ1v) is 6.46. The lowest BCUT2D eigenvalue weighted by molar-refractivity contribution is 0.242. The molecule has 2 N–H and O–H groups in total. The van der Waals surface area contributed by atoms with Gasteiger partial charge in [-0.1, -0.05) is 18.2 Å². The number of rotatable bonds is 6. The number of aliphatic imine (C=N–C) groups is 1. The van der Waals surface area contributed by atoms with Crippen LogP contribution in [0.4, 0.5) is 0 Å². The smallest absolute Gasteiger partial charge is 0.191 e. The fourth-order valence-electron chi connectivity index (χ4n) is 1.58. The molecule has 0 spiro atoms. The molecule has 0 atom stereocenters. The van der Waals surface area contributed by atoms with Crippen LogP contribution in [0.1, 0.15) is 19.4 Å². The van der Waals surface area contributed by atoms with Crippen molar-refractivity contribution in [1.29, 1.82) is 0 Å². The van der Waals surface area contributed by atoms with Crippen molar-refractivity contribution in [2.45, 2.75) is 26.5 Å². The SMILES string of the molecule is C=CCNC(=NC)NCc1cccc(OC(C)C)c1.I. The van der Waals surface area contributed by atoms with Gasteiger partial charge < -0.3 is 15.4 Å². The van der Waals surface area contributed by atoms with Crippen LogP contribution in [-0.2, 0) is 6.54 Å². The van der Waals surface area contributed by atoms with Gasteiger partial charge in [-0.05, 0) is 31.5 Å². The van der Waals surface area contributed by atoms with E-state index in [2.05, 4.69) is 28.3 Å². The molecule has 0 aliphatic rings. The maximum absolute atomic E-state index is 5.67. The summed E-state index contributed by atoms with van der Waals surface area (Å²) in [6.45, 7) is 9.09. The minimum absolute atomic E-state index is 0. The third-order valence-electron chi connectivity index (χ3n) is 2.37. The molecule has 20 heavy (non-hydrogen) atoms. The molecular weight excluding hydrogens is 365 g/mol. The third kappa shape index (κ3) is 7.37. The van der Waals surface area contributed by atoms with Crippen LogP contribution < -0.4 is 15.4 Å². The van der Waals surface area contributed by atoms with E-state index >= 15 is 0 Å². The van der Waals surface area contributed by atoms with Crippen molar-refractivity contribution in [2.24, 2.45) is 4.99 Å². The Kier molecular flexibility index (Phi) is 9.88. The molecule has 0 radical (unpaired) electrons. The standard InChI is InChI=1S/C15H23N3O.HI/c1-5-9-17-15(16-4)18-11-13-7-6-8-14(10-13)19-12(2)3;/h5-8,10,12H,1,9,11H2,2-4H3,(H2,16,17,18);1H. The summed E-state index contributed by atoms with van der Waals surface area (Å²) in [6, 6.07) is 8.05. The van der Waals surface area contributed by atoms with Crippen molar-refractivity contribution in [3.05, 3.63) is 42.5 Å². The second-order valence-electron chi connectivity index (χ2n) is 4.41. The first kappa shape index (κ1) is 18.8. The van der Waals surface area contributed by atoms with Gasteiger partial charge >= 0.3 is 0 Å². The number of guanidine groups is 1. The molecule has 0 unspecified atom stereocenters. The summed E-state index contributed by atoms with van der Waals surface area (Å²) < 4.78 is 5.67. The van der Waals surface area contributed by atoms with Gasteiger partial charge in [-0.15, -0.1) is 30.6 Å². The van der Waals surface area contributed by atoms with Crippen LogP contribution in [0.15, 0.2) is 41.9 Å². The highest BCUT2D eigenvalue weighted by Crippen LogP contribution is 2.14. The van der Waals surface area contributed by atoms with Gasteiger partial charge in [-0.2, -0.15) is 0 Å². The van der Waals surface area contributed by atoms with E-state index in [-0.39, 0.29) is 30.1 Å². The highest BCUT2D eigenvalue weighted by molar-refractivity contribution is 14.0. The largest absolute Gasteiger partial charge is 0.491 e. The number of nitrogens with one attached hydrogen (secondary N) is 2. The number of hydrogen-bond acceptors (Lipinski definition) is 2. The van der Waals surface area contributed by atoms with Crippen LogP contribution in [0.25, 0.3) is 0 Å². The molecule has 0 saturated carbocycles. The Morgan fingerprint density at radius 1 is 1.40 bits per heavy atom. The number of ether oxygens (including phenoxy) is 1. The van der Waals surface area contributed by atoms with Gasteiger partial charge in [0.1, 0.15) is 5.75 Å². The lowest BCUT2D eigenvalue weighted by Gasteiger charge is -2.13. The monoisotopic (exact) mass is 389 g/mol. The molecule has 0 heterocycles. The third-order valence-corrected chi connectivity index (χ3v) is 2.37. The summed E-state index contributed by atoms with van der Waals surface area (Å²) in [5.74, 6) is 1.65. The van der Waals surface area contributed by atoms with Crippen molar-refractivity contribution in [3.63, 3.8) is 0 Å². The summed E-state index contributed by atoms with van der Waals surface area (Å²) in [4.78, 5) is 4.13. The van der Waals surface area contributed by atoms with Gasteiger partial charge in [-0.3, -0.25) is 4.99 Å². The topological polar surface area (TPSA) is 45.7 Å². The Morgan fingerprint density at radius 2 is 2.15 bits per heavy atom. The van der Waals surface area contributed by atoms with Gasteiger partial charge in [0.15, 0.2) is 5.96 Å². The Morgan fingerprint density at radius 3 is 2.75 bits per heavy atom. The number of nitrogens with zero attached hydrogens (tertiary/aromatic N) is 1. The highest BCUT2D eigenvalue weighted by Gasteiger charge is 2.01. The summed E-state index contributed by atoms with van der Waals surface area (Å²) >= 11 is 0. The molecule has 0 bridgehead atoms. The van der Waals surface area contributed by atoms with Crippen molar-refractivity contribution in [2.75, 3.05) is 13.6 Å². The zero-order chi connectivity index (χ0) is 14.1. The fraction of sp³-hybridized carbons (Fsp3) is 0.400. The molecule has 1 rings (SSSR count). The normalized spacial score (nSPS) is 10.7.